The topological polar surface area (TPSA) is 156 Å². The number of H-pyrrole nitrogens is 1. The summed E-state index contributed by atoms with van der Waals surface area (Å²) in [5, 5.41) is 3.83. The number of hydrogen-bond acceptors (Lipinski definition) is 10. The summed E-state index contributed by atoms with van der Waals surface area (Å²) in [6.07, 6.45) is 0. The first-order valence-electron chi connectivity index (χ1n) is 13.0. The molecule has 3 aromatic heterocycles. The first-order chi connectivity index (χ1) is 20.3. The summed E-state index contributed by atoms with van der Waals surface area (Å²) >= 11 is 0. The van der Waals surface area contributed by atoms with Gasteiger partial charge in [0, 0.05) is 12.5 Å². The molecule has 0 aliphatic carbocycles. The van der Waals surface area contributed by atoms with Crippen molar-refractivity contribution in [1.29, 1.82) is 0 Å². The van der Waals surface area contributed by atoms with E-state index >= 15 is 0 Å². The number of nitrogens with zero attached hydrogens (tertiary/aromatic N) is 3. The Balaban J connectivity index is 0.00000368. The third-order valence-electron chi connectivity index (χ3n) is 6.67. The molecule has 0 bridgehead atoms. The fraction of sp³-hybridized carbons (Fsp3) is 0.167. The SMILES string of the molecule is CCOc1nc2c(C)ccc(C(=O)Oc3oc(=O)oc3C)c2n1Cc1ccc(-c2ccccc2-c2noc(=O)[nH]2)cc1.[KH]. The normalized spacial score (nSPS) is 11.0. The Labute approximate surface area is 286 Å². The zero-order valence-corrected chi connectivity index (χ0v) is 22.8. The Hall–Kier alpha value is -4.01. The van der Waals surface area contributed by atoms with Crippen molar-refractivity contribution >= 4 is 68.4 Å². The Morgan fingerprint density at radius 1 is 0.977 bits per heavy atom. The Morgan fingerprint density at radius 3 is 2.37 bits per heavy atom. The molecule has 3 heterocycles. The van der Waals surface area contributed by atoms with Crippen LogP contribution < -0.4 is 21.1 Å². The van der Waals surface area contributed by atoms with E-state index in [1.165, 1.54) is 6.92 Å². The van der Waals surface area contributed by atoms with Crippen LogP contribution >= 0.6 is 0 Å². The molecule has 43 heavy (non-hydrogen) atoms. The van der Waals surface area contributed by atoms with Crippen molar-refractivity contribution in [2.45, 2.75) is 27.3 Å². The van der Waals surface area contributed by atoms with Crippen LogP contribution in [-0.4, -0.2) is 83.7 Å². The number of aromatic nitrogens is 4. The van der Waals surface area contributed by atoms with E-state index in [9.17, 15) is 14.4 Å². The van der Waals surface area contributed by atoms with E-state index in [2.05, 4.69) is 15.1 Å². The van der Waals surface area contributed by atoms with E-state index in [-0.39, 0.29) is 68.7 Å². The number of carbonyl (C=O) groups excluding carboxylic acids is 1. The molecule has 0 aliphatic heterocycles. The van der Waals surface area contributed by atoms with Gasteiger partial charge in [0.05, 0.1) is 29.7 Å². The molecular formula is C30H25KN4O8. The third kappa shape index (κ3) is 6.08. The molecular weight excluding hydrogens is 583 g/mol. The van der Waals surface area contributed by atoms with Crippen molar-refractivity contribution in [1.82, 2.24) is 19.7 Å². The quantitative estimate of drug-likeness (QED) is 0.196. The van der Waals surface area contributed by atoms with Gasteiger partial charge in [-0.2, -0.15) is 4.98 Å². The van der Waals surface area contributed by atoms with Gasteiger partial charge in [-0.05, 0) is 42.2 Å². The molecule has 0 amide bonds. The maximum atomic E-state index is 13.3. The van der Waals surface area contributed by atoms with E-state index in [0.717, 1.165) is 27.8 Å². The van der Waals surface area contributed by atoms with E-state index < -0.39 is 17.5 Å². The molecule has 1 N–H and O–H groups in total. The number of benzene rings is 3. The van der Waals surface area contributed by atoms with Crippen molar-refractivity contribution in [2.24, 2.45) is 0 Å². The first kappa shape index (κ1) is 30.4. The number of carbonyl (C=O) groups is 1. The predicted octanol–water partition coefficient (Wildman–Crippen LogP) is 4.23. The van der Waals surface area contributed by atoms with Crippen LogP contribution in [0.1, 0.15) is 34.2 Å². The van der Waals surface area contributed by atoms with Crippen LogP contribution in [0, 0.1) is 13.8 Å². The minimum absolute atomic E-state index is 0. The second-order valence-corrected chi connectivity index (χ2v) is 9.41. The summed E-state index contributed by atoms with van der Waals surface area (Å²) in [6, 6.07) is 19.1. The van der Waals surface area contributed by atoms with Crippen LogP contribution in [0.2, 0.25) is 0 Å². The zero-order valence-electron chi connectivity index (χ0n) is 22.8. The number of aryl methyl sites for hydroxylation is 2. The van der Waals surface area contributed by atoms with Gasteiger partial charge in [-0.1, -0.05) is 59.8 Å². The molecule has 0 spiro atoms. The molecule has 6 aromatic rings. The number of fused-ring (bicyclic) bond motifs is 1. The van der Waals surface area contributed by atoms with Crippen LogP contribution in [-0.2, 0) is 6.54 Å². The average Bonchev–Trinajstić information content (AvgIpc) is 3.66. The van der Waals surface area contributed by atoms with Gasteiger partial charge in [0.15, 0.2) is 11.6 Å². The number of imidazole rings is 1. The van der Waals surface area contributed by atoms with Crippen molar-refractivity contribution in [3.05, 3.63) is 104 Å². The number of ether oxygens (including phenoxy) is 2. The van der Waals surface area contributed by atoms with Crippen molar-refractivity contribution in [2.75, 3.05) is 6.61 Å². The molecule has 3 aromatic carbocycles. The second-order valence-electron chi connectivity index (χ2n) is 9.41. The Bertz CT molecular complexity index is 2050. The fourth-order valence-electron chi connectivity index (χ4n) is 4.72. The van der Waals surface area contributed by atoms with Crippen molar-refractivity contribution < 1.29 is 27.6 Å². The summed E-state index contributed by atoms with van der Waals surface area (Å²) in [5.74, 6) is -2.25. The third-order valence-corrected chi connectivity index (χ3v) is 6.67. The molecule has 0 aliphatic rings. The summed E-state index contributed by atoms with van der Waals surface area (Å²) in [7, 11) is 0. The van der Waals surface area contributed by atoms with Crippen LogP contribution in [0.15, 0.2) is 83.6 Å². The van der Waals surface area contributed by atoms with Gasteiger partial charge in [0.1, 0.15) is 0 Å². The van der Waals surface area contributed by atoms with E-state index in [1.807, 2.05) is 66.9 Å². The minimum atomic E-state index is -0.964. The van der Waals surface area contributed by atoms with Crippen molar-refractivity contribution in [3.63, 3.8) is 0 Å². The zero-order chi connectivity index (χ0) is 29.4. The average molecular weight is 609 g/mol. The van der Waals surface area contributed by atoms with E-state index in [1.54, 1.807) is 12.1 Å². The molecule has 12 nitrogen and oxygen atoms in total. The summed E-state index contributed by atoms with van der Waals surface area (Å²) in [5.41, 5.74) is 5.52. The monoisotopic (exact) mass is 608 g/mol. The number of esters is 1. The number of aromatic amines is 1. The van der Waals surface area contributed by atoms with Gasteiger partial charge in [-0.15, -0.1) is 0 Å². The van der Waals surface area contributed by atoms with Gasteiger partial charge in [0.25, 0.3) is 6.01 Å². The molecule has 0 atom stereocenters. The van der Waals surface area contributed by atoms with Crippen LogP contribution in [0.4, 0.5) is 0 Å². The van der Waals surface area contributed by atoms with Crippen LogP contribution in [0.5, 0.6) is 12.0 Å². The first-order valence-corrected chi connectivity index (χ1v) is 13.0. The number of nitrogens with one attached hydrogen (secondary N) is 1. The predicted molar refractivity (Wildman–Crippen MR) is 157 cm³/mol. The molecule has 13 heteroatoms. The van der Waals surface area contributed by atoms with Gasteiger partial charge in [0.2, 0.25) is 0 Å². The standard InChI is InChI=1S/C30H24N4O8.K.H/c1-4-38-28-31-23-16(2)9-14-22(26(35)40-27-17(3)39-30(37)41-27)24(23)34(28)15-18-10-12-19(13-11-18)20-7-5-6-8-21(20)25-32-29(36)42-33-25;;/h5-14H,4,15H2,1-3H3,(H,32,33,36);;. The van der Waals surface area contributed by atoms with Gasteiger partial charge in [-0.25, -0.2) is 14.4 Å². The second kappa shape index (κ2) is 12.7. The van der Waals surface area contributed by atoms with Gasteiger partial charge in [-0.3, -0.25) is 14.1 Å². The van der Waals surface area contributed by atoms with E-state index in [0.29, 0.717) is 36.0 Å². The molecule has 6 rings (SSSR count). The maximum absolute atomic E-state index is 13.3. The van der Waals surface area contributed by atoms with Gasteiger partial charge < -0.3 is 18.3 Å². The van der Waals surface area contributed by atoms with E-state index in [4.69, 9.17) is 22.8 Å². The Kier molecular flexibility index (Phi) is 8.99. The molecule has 0 fully saturated rings. The summed E-state index contributed by atoms with van der Waals surface area (Å²) in [4.78, 5) is 43.5. The molecule has 0 radical (unpaired) electrons. The Morgan fingerprint density at radius 2 is 1.72 bits per heavy atom. The van der Waals surface area contributed by atoms with Crippen LogP contribution in [0.25, 0.3) is 33.5 Å². The number of rotatable bonds is 8. The van der Waals surface area contributed by atoms with Crippen molar-refractivity contribution in [3.8, 4) is 34.5 Å². The summed E-state index contributed by atoms with van der Waals surface area (Å²) < 4.78 is 27.4. The molecule has 0 saturated heterocycles. The fourth-order valence-corrected chi connectivity index (χ4v) is 4.72. The molecule has 0 unspecified atom stereocenters. The number of hydrogen-bond donors (Lipinski definition) is 1. The summed E-state index contributed by atoms with van der Waals surface area (Å²) in [6.45, 7) is 5.89. The molecule has 214 valence electrons. The molecule has 0 saturated carbocycles. The van der Waals surface area contributed by atoms with Gasteiger partial charge >= 0.3 is 74.9 Å². The van der Waals surface area contributed by atoms with Crippen LogP contribution in [0.3, 0.4) is 0 Å².